The maximum atomic E-state index is 3.76. The highest BCUT2D eigenvalue weighted by Crippen LogP contribution is 2.24. The largest absolute Gasteiger partial charge is 0.308 e. The third kappa shape index (κ3) is 4.65. The van der Waals surface area contributed by atoms with Gasteiger partial charge < -0.3 is 5.32 Å². The van der Waals surface area contributed by atoms with E-state index in [2.05, 4.69) is 65.9 Å². The Bertz CT molecular complexity index is 385. The smallest absolute Gasteiger partial charge is 0.0299 e. The van der Waals surface area contributed by atoms with Gasteiger partial charge in [0.05, 0.1) is 0 Å². The van der Waals surface area contributed by atoms with Crippen LogP contribution >= 0.6 is 0 Å². The fraction of sp³-hybridized carbons (Fsp3) is 0.667. The summed E-state index contributed by atoms with van der Waals surface area (Å²) in [6.07, 6.45) is 2.52. The molecule has 1 heteroatoms. The first-order valence-electron chi connectivity index (χ1n) is 7.68. The molecule has 0 aliphatic heterocycles. The van der Waals surface area contributed by atoms with Gasteiger partial charge in [0.25, 0.3) is 0 Å². The number of hydrogen-bond donors (Lipinski definition) is 1. The summed E-state index contributed by atoms with van der Waals surface area (Å²) < 4.78 is 0. The summed E-state index contributed by atoms with van der Waals surface area (Å²) in [5, 5.41) is 3.76. The fourth-order valence-electron chi connectivity index (χ4n) is 3.22. The highest BCUT2D eigenvalue weighted by atomic mass is 14.9. The van der Waals surface area contributed by atoms with E-state index in [1.54, 1.807) is 0 Å². The van der Waals surface area contributed by atoms with E-state index in [9.17, 15) is 0 Å². The standard InChI is InChI=1S/C18H31N/c1-8-12(2)11-16(6)19-17(7)18-14(4)9-13(3)10-15(18)5/h9-10,12,16-17,19H,8,11H2,1-7H3. The average Bonchev–Trinajstić information content (AvgIpc) is 2.26. The molecule has 0 saturated heterocycles. The van der Waals surface area contributed by atoms with Gasteiger partial charge in [-0.15, -0.1) is 0 Å². The minimum atomic E-state index is 0.430. The van der Waals surface area contributed by atoms with E-state index in [0.717, 1.165) is 5.92 Å². The summed E-state index contributed by atoms with van der Waals surface area (Å²) in [6, 6.07) is 5.59. The number of nitrogens with one attached hydrogen (secondary N) is 1. The van der Waals surface area contributed by atoms with Crippen LogP contribution in [-0.4, -0.2) is 6.04 Å². The van der Waals surface area contributed by atoms with Crippen molar-refractivity contribution in [1.29, 1.82) is 0 Å². The lowest BCUT2D eigenvalue weighted by Crippen LogP contribution is -2.31. The molecular formula is C18H31N. The molecule has 3 unspecified atom stereocenters. The van der Waals surface area contributed by atoms with Gasteiger partial charge in [-0.25, -0.2) is 0 Å². The van der Waals surface area contributed by atoms with Crippen LogP contribution in [0.5, 0.6) is 0 Å². The molecule has 108 valence electrons. The Kier molecular flexibility index (Phi) is 6.06. The van der Waals surface area contributed by atoms with Gasteiger partial charge in [0, 0.05) is 12.1 Å². The van der Waals surface area contributed by atoms with Gasteiger partial charge in [0.15, 0.2) is 0 Å². The summed E-state index contributed by atoms with van der Waals surface area (Å²) in [5.41, 5.74) is 5.65. The van der Waals surface area contributed by atoms with E-state index in [1.807, 2.05) is 0 Å². The molecule has 0 aromatic heterocycles. The molecule has 0 fully saturated rings. The summed E-state index contributed by atoms with van der Waals surface area (Å²) in [4.78, 5) is 0. The van der Waals surface area contributed by atoms with Gasteiger partial charge in [-0.1, -0.05) is 38.0 Å². The van der Waals surface area contributed by atoms with Crippen molar-refractivity contribution in [1.82, 2.24) is 5.32 Å². The zero-order valence-corrected chi connectivity index (χ0v) is 13.8. The fourth-order valence-corrected chi connectivity index (χ4v) is 3.22. The molecule has 0 bridgehead atoms. The van der Waals surface area contributed by atoms with E-state index >= 15 is 0 Å². The van der Waals surface area contributed by atoms with Crippen molar-refractivity contribution in [3.05, 3.63) is 34.4 Å². The van der Waals surface area contributed by atoms with Gasteiger partial charge in [0.1, 0.15) is 0 Å². The summed E-state index contributed by atoms with van der Waals surface area (Å²) in [5.74, 6) is 0.801. The van der Waals surface area contributed by atoms with Gasteiger partial charge >= 0.3 is 0 Å². The normalized spacial score (nSPS) is 16.2. The Morgan fingerprint density at radius 3 is 2.00 bits per heavy atom. The monoisotopic (exact) mass is 261 g/mol. The Balaban J connectivity index is 2.76. The number of hydrogen-bond acceptors (Lipinski definition) is 1. The highest BCUT2D eigenvalue weighted by Gasteiger charge is 2.15. The SMILES string of the molecule is CCC(C)CC(C)NC(C)c1c(C)cc(C)cc1C. The predicted molar refractivity (Wildman–Crippen MR) is 85.7 cm³/mol. The molecule has 1 nitrogen and oxygen atoms in total. The van der Waals surface area contributed by atoms with Gasteiger partial charge in [-0.2, -0.15) is 0 Å². The molecule has 1 aromatic carbocycles. The maximum absolute atomic E-state index is 3.76. The van der Waals surface area contributed by atoms with E-state index in [1.165, 1.54) is 35.1 Å². The van der Waals surface area contributed by atoms with Crippen LogP contribution in [0.15, 0.2) is 12.1 Å². The highest BCUT2D eigenvalue weighted by molar-refractivity contribution is 5.39. The van der Waals surface area contributed by atoms with E-state index in [0.29, 0.717) is 12.1 Å². The third-order valence-electron chi connectivity index (χ3n) is 4.16. The van der Waals surface area contributed by atoms with Crippen LogP contribution in [0.1, 0.15) is 68.8 Å². The van der Waals surface area contributed by atoms with Crippen molar-refractivity contribution < 1.29 is 0 Å². The first-order valence-corrected chi connectivity index (χ1v) is 7.68. The zero-order chi connectivity index (χ0) is 14.6. The molecule has 0 heterocycles. The molecular weight excluding hydrogens is 230 g/mol. The Morgan fingerprint density at radius 2 is 1.53 bits per heavy atom. The van der Waals surface area contributed by atoms with Crippen molar-refractivity contribution in [2.75, 3.05) is 0 Å². The second-order valence-electron chi connectivity index (χ2n) is 6.35. The van der Waals surface area contributed by atoms with Crippen LogP contribution < -0.4 is 5.32 Å². The molecule has 0 aliphatic carbocycles. The third-order valence-corrected chi connectivity index (χ3v) is 4.16. The van der Waals surface area contributed by atoms with E-state index in [4.69, 9.17) is 0 Å². The lowest BCUT2D eigenvalue weighted by molar-refractivity contribution is 0.384. The molecule has 19 heavy (non-hydrogen) atoms. The maximum Gasteiger partial charge on any atom is 0.0299 e. The van der Waals surface area contributed by atoms with Crippen LogP contribution in [-0.2, 0) is 0 Å². The summed E-state index contributed by atoms with van der Waals surface area (Å²) >= 11 is 0. The molecule has 0 radical (unpaired) electrons. The Morgan fingerprint density at radius 1 is 1.00 bits per heavy atom. The van der Waals surface area contributed by atoms with Crippen molar-refractivity contribution >= 4 is 0 Å². The van der Waals surface area contributed by atoms with Crippen LogP contribution in [0.3, 0.4) is 0 Å². The molecule has 1 aromatic rings. The minimum Gasteiger partial charge on any atom is -0.308 e. The molecule has 0 spiro atoms. The van der Waals surface area contributed by atoms with Gasteiger partial charge in [-0.3, -0.25) is 0 Å². The molecule has 0 aliphatic rings. The minimum absolute atomic E-state index is 0.430. The molecule has 3 atom stereocenters. The lowest BCUT2D eigenvalue weighted by Gasteiger charge is -2.25. The predicted octanol–water partition coefficient (Wildman–Crippen LogP) is 5.09. The topological polar surface area (TPSA) is 12.0 Å². The Hall–Kier alpha value is -0.820. The Labute approximate surface area is 119 Å². The second kappa shape index (κ2) is 7.09. The number of aryl methyl sites for hydroxylation is 3. The zero-order valence-electron chi connectivity index (χ0n) is 13.8. The first kappa shape index (κ1) is 16.2. The van der Waals surface area contributed by atoms with E-state index < -0.39 is 0 Å². The molecule has 1 N–H and O–H groups in total. The van der Waals surface area contributed by atoms with Crippen molar-refractivity contribution in [3.63, 3.8) is 0 Å². The lowest BCUT2D eigenvalue weighted by atomic mass is 9.93. The van der Waals surface area contributed by atoms with Gasteiger partial charge in [-0.05, 0) is 63.6 Å². The van der Waals surface area contributed by atoms with Crippen LogP contribution in [0.4, 0.5) is 0 Å². The van der Waals surface area contributed by atoms with Gasteiger partial charge in [0.2, 0.25) is 0 Å². The second-order valence-corrected chi connectivity index (χ2v) is 6.35. The van der Waals surface area contributed by atoms with Crippen LogP contribution in [0.25, 0.3) is 0 Å². The van der Waals surface area contributed by atoms with Crippen LogP contribution in [0.2, 0.25) is 0 Å². The molecule has 1 rings (SSSR count). The van der Waals surface area contributed by atoms with Crippen molar-refractivity contribution in [2.24, 2.45) is 5.92 Å². The number of benzene rings is 1. The molecule has 0 amide bonds. The van der Waals surface area contributed by atoms with E-state index in [-0.39, 0.29) is 0 Å². The average molecular weight is 261 g/mol. The number of rotatable bonds is 6. The quantitative estimate of drug-likeness (QED) is 0.752. The summed E-state index contributed by atoms with van der Waals surface area (Å²) in [6.45, 7) is 15.8. The van der Waals surface area contributed by atoms with Crippen molar-refractivity contribution in [2.45, 2.75) is 73.4 Å². The summed E-state index contributed by atoms with van der Waals surface area (Å²) in [7, 11) is 0. The van der Waals surface area contributed by atoms with Crippen molar-refractivity contribution in [3.8, 4) is 0 Å². The molecule has 0 saturated carbocycles. The first-order chi connectivity index (χ1) is 8.85. The van der Waals surface area contributed by atoms with Crippen LogP contribution in [0, 0.1) is 26.7 Å².